The van der Waals surface area contributed by atoms with E-state index in [1.807, 2.05) is 12.1 Å². The quantitative estimate of drug-likeness (QED) is 0.720. The van der Waals surface area contributed by atoms with Crippen LogP contribution in [0.15, 0.2) is 24.5 Å². The Labute approximate surface area is 144 Å². The third-order valence-corrected chi connectivity index (χ3v) is 4.76. The van der Waals surface area contributed by atoms with Crippen molar-refractivity contribution in [3.63, 3.8) is 0 Å². The van der Waals surface area contributed by atoms with Gasteiger partial charge in [-0.15, -0.1) is 0 Å². The number of aromatic nitrogens is 1. The van der Waals surface area contributed by atoms with Gasteiger partial charge in [-0.25, -0.2) is 0 Å². The molecule has 132 valence electrons. The second-order valence-electron chi connectivity index (χ2n) is 6.76. The highest BCUT2D eigenvalue weighted by Gasteiger charge is 2.24. The molecule has 2 rings (SSSR count). The molecule has 1 aliphatic carbocycles. The molecule has 1 amide bonds. The van der Waals surface area contributed by atoms with Crippen molar-refractivity contribution in [1.29, 1.82) is 0 Å². The third kappa shape index (κ3) is 5.62. The standard InChI is InChI=1S/C19H28N2O3/c1-15(19(23)24-2)13-21(14-17-8-10-20-11-9-17)18(22)12-16-6-4-3-5-7-16/h8-11,15-16H,3-7,12-14H2,1-2H3. The molecular formula is C19H28N2O3. The Kier molecular flexibility index (Phi) is 7.22. The van der Waals surface area contributed by atoms with Crippen LogP contribution >= 0.6 is 0 Å². The van der Waals surface area contributed by atoms with E-state index in [4.69, 9.17) is 4.74 Å². The predicted octanol–water partition coefficient (Wildman–Crippen LogP) is 3.19. The van der Waals surface area contributed by atoms with Gasteiger partial charge in [-0.05, 0) is 36.5 Å². The predicted molar refractivity (Wildman–Crippen MR) is 92.0 cm³/mol. The number of hydrogen-bond acceptors (Lipinski definition) is 4. The summed E-state index contributed by atoms with van der Waals surface area (Å²) in [6.07, 6.45) is 10.0. The fraction of sp³-hybridized carbons (Fsp3) is 0.632. The fourth-order valence-electron chi connectivity index (χ4n) is 3.34. The Morgan fingerprint density at radius 2 is 1.92 bits per heavy atom. The molecule has 0 saturated heterocycles. The molecule has 1 atom stereocenters. The summed E-state index contributed by atoms with van der Waals surface area (Å²) >= 11 is 0. The zero-order valence-electron chi connectivity index (χ0n) is 14.7. The van der Waals surface area contributed by atoms with Crippen LogP contribution in [0.2, 0.25) is 0 Å². The second-order valence-corrected chi connectivity index (χ2v) is 6.76. The van der Waals surface area contributed by atoms with E-state index < -0.39 is 0 Å². The molecule has 1 heterocycles. The third-order valence-electron chi connectivity index (χ3n) is 4.76. The van der Waals surface area contributed by atoms with E-state index in [0.29, 0.717) is 25.4 Å². The molecule has 1 unspecified atom stereocenters. The lowest BCUT2D eigenvalue weighted by Crippen LogP contribution is -2.37. The number of rotatable bonds is 7. The van der Waals surface area contributed by atoms with E-state index in [0.717, 1.165) is 18.4 Å². The minimum atomic E-state index is -0.327. The van der Waals surface area contributed by atoms with Crippen LogP contribution in [0.3, 0.4) is 0 Å². The Morgan fingerprint density at radius 1 is 1.25 bits per heavy atom. The summed E-state index contributed by atoms with van der Waals surface area (Å²) < 4.78 is 4.81. The number of nitrogens with zero attached hydrogens (tertiary/aromatic N) is 2. The van der Waals surface area contributed by atoms with Crippen LogP contribution in [-0.4, -0.2) is 35.4 Å². The minimum absolute atomic E-state index is 0.134. The summed E-state index contributed by atoms with van der Waals surface area (Å²) in [7, 11) is 1.38. The molecule has 5 nitrogen and oxygen atoms in total. The van der Waals surface area contributed by atoms with Crippen LogP contribution < -0.4 is 0 Å². The van der Waals surface area contributed by atoms with Crippen LogP contribution in [0.25, 0.3) is 0 Å². The summed E-state index contributed by atoms with van der Waals surface area (Å²) in [5, 5.41) is 0. The van der Waals surface area contributed by atoms with Gasteiger partial charge in [0.25, 0.3) is 0 Å². The van der Waals surface area contributed by atoms with Gasteiger partial charge in [0.15, 0.2) is 0 Å². The van der Waals surface area contributed by atoms with Crippen LogP contribution in [0, 0.1) is 11.8 Å². The first kappa shape index (κ1) is 18.4. The molecule has 0 radical (unpaired) electrons. The molecule has 0 spiro atoms. The van der Waals surface area contributed by atoms with Crippen LogP contribution in [-0.2, 0) is 20.9 Å². The van der Waals surface area contributed by atoms with Gasteiger partial charge in [-0.2, -0.15) is 0 Å². The molecule has 1 fully saturated rings. The Morgan fingerprint density at radius 3 is 2.54 bits per heavy atom. The van der Waals surface area contributed by atoms with Gasteiger partial charge in [-0.3, -0.25) is 14.6 Å². The molecular weight excluding hydrogens is 304 g/mol. The van der Waals surface area contributed by atoms with E-state index in [2.05, 4.69) is 4.98 Å². The lowest BCUT2D eigenvalue weighted by molar-refractivity contribution is -0.146. The normalized spacial score (nSPS) is 16.4. The number of carbonyl (C=O) groups excluding carboxylic acids is 2. The van der Waals surface area contributed by atoms with Gasteiger partial charge < -0.3 is 9.64 Å². The highest BCUT2D eigenvalue weighted by atomic mass is 16.5. The van der Waals surface area contributed by atoms with Crippen LogP contribution in [0.4, 0.5) is 0 Å². The maximum Gasteiger partial charge on any atom is 0.310 e. The molecule has 0 N–H and O–H groups in total. The summed E-state index contributed by atoms with van der Waals surface area (Å²) in [5.74, 6) is 0.0152. The molecule has 1 aromatic heterocycles. The average molecular weight is 332 g/mol. The molecule has 5 heteroatoms. The smallest absolute Gasteiger partial charge is 0.310 e. The van der Waals surface area contributed by atoms with E-state index in [1.165, 1.54) is 26.4 Å². The van der Waals surface area contributed by atoms with Crippen molar-refractivity contribution in [3.05, 3.63) is 30.1 Å². The largest absolute Gasteiger partial charge is 0.469 e. The Balaban J connectivity index is 2.02. The SMILES string of the molecule is COC(=O)C(C)CN(Cc1ccncc1)C(=O)CC1CCCCC1. The van der Waals surface area contributed by atoms with E-state index in [1.54, 1.807) is 24.2 Å². The second kappa shape index (κ2) is 9.40. The van der Waals surface area contributed by atoms with E-state index in [-0.39, 0.29) is 17.8 Å². The fourth-order valence-corrected chi connectivity index (χ4v) is 3.34. The molecule has 1 aliphatic rings. The topological polar surface area (TPSA) is 59.5 Å². The number of esters is 1. The van der Waals surface area contributed by atoms with Crippen molar-refractivity contribution in [2.45, 2.75) is 52.0 Å². The molecule has 0 aliphatic heterocycles. The number of ether oxygens (including phenoxy) is 1. The summed E-state index contributed by atoms with van der Waals surface area (Å²) in [4.78, 5) is 30.4. The Bertz CT molecular complexity index is 527. The molecule has 1 aromatic rings. The number of amides is 1. The first-order chi connectivity index (χ1) is 11.6. The minimum Gasteiger partial charge on any atom is -0.469 e. The maximum absolute atomic E-state index is 12.8. The van der Waals surface area contributed by atoms with Crippen molar-refractivity contribution < 1.29 is 14.3 Å². The maximum atomic E-state index is 12.8. The lowest BCUT2D eigenvalue weighted by atomic mass is 9.86. The molecule has 0 bridgehead atoms. The van der Waals surface area contributed by atoms with Crippen LogP contribution in [0.1, 0.15) is 51.0 Å². The monoisotopic (exact) mass is 332 g/mol. The van der Waals surface area contributed by atoms with Gasteiger partial charge in [0.2, 0.25) is 5.91 Å². The number of carbonyl (C=O) groups is 2. The number of pyridine rings is 1. The van der Waals surface area contributed by atoms with Gasteiger partial charge >= 0.3 is 5.97 Å². The van der Waals surface area contributed by atoms with Crippen LogP contribution in [0.5, 0.6) is 0 Å². The van der Waals surface area contributed by atoms with Crippen molar-refractivity contribution in [2.75, 3.05) is 13.7 Å². The number of methoxy groups -OCH3 is 1. The lowest BCUT2D eigenvalue weighted by Gasteiger charge is -2.28. The van der Waals surface area contributed by atoms with E-state index >= 15 is 0 Å². The highest BCUT2D eigenvalue weighted by molar-refractivity contribution is 5.78. The Hall–Kier alpha value is -1.91. The molecule has 0 aromatic carbocycles. The first-order valence-corrected chi connectivity index (χ1v) is 8.84. The number of hydrogen-bond donors (Lipinski definition) is 0. The van der Waals surface area contributed by atoms with Gasteiger partial charge in [0, 0.05) is 31.9 Å². The van der Waals surface area contributed by atoms with Crippen molar-refractivity contribution >= 4 is 11.9 Å². The average Bonchev–Trinajstić information content (AvgIpc) is 2.62. The molecule has 24 heavy (non-hydrogen) atoms. The van der Waals surface area contributed by atoms with Crippen molar-refractivity contribution in [3.8, 4) is 0 Å². The summed E-state index contributed by atoms with van der Waals surface area (Å²) in [5.41, 5.74) is 1.03. The van der Waals surface area contributed by atoms with Gasteiger partial charge in [-0.1, -0.05) is 26.2 Å². The highest BCUT2D eigenvalue weighted by Crippen LogP contribution is 2.27. The first-order valence-electron chi connectivity index (χ1n) is 8.84. The van der Waals surface area contributed by atoms with Crippen molar-refractivity contribution in [1.82, 2.24) is 9.88 Å². The summed E-state index contributed by atoms with van der Waals surface area (Å²) in [6.45, 7) is 2.70. The zero-order chi connectivity index (χ0) is 17.4. The summed E-state index contributed by atoms with van der Waals surface area (Å²) in [6, 6.07) is 3.81. The van der Waals surface area contributed by atoms with E-state index in [9.17, 15) is 9.59 Å². The zero-order valence-corrected chi connectivity index (χ0v) is 14.7. The van der Waals surface area contributed by atoms with Gasteiger partial charge in [0.1, 0.15) is 0 Å². The van der Waals surface area contributed by atoms with Gasteiger partial charge in [0.05, 0.1) is 13.0 Å². The van der Waals surface area contributed by atoms with Crippen molar-refractivity contribution in [2.24, 2.45) is 11.8 Å². The molecule has 1 saturated carbocycles.